The van der Waals surface area contributed by atoms with Crippen molar-refractivity contribution < 1.29 is 19.1 Å². The maximum absolute atomic E-state index is 10.8. The molecule has 0 aliphatic rings. The van der Waals surface area contributed by atoms with Crippen LogP contribution in [0.3, 0.4) is 0 Å². The summed E-state index contributed by atoms with van der Waals surface area (Å²) in [5.74, 6) is -0.746. The maximum Gasteiger partial charge on any atom is 0.303 e. The van der Waals surface area contributed by atoms with Crippen molar-refractivity contribution in [3.05, 3.63) is 35.2 Å². The molecule has 1 rings (SSSR count). The lowest BCUT2D eigenvalue weighted by molar-refractivity contribution is -0.137. The lowest BCUT2D eigenvalue weighted by Crippen LogP contribution is -2.43. The van der Waals surface area contributed by atoms with Gasteiger partial charge in [-0.1, -0.05) is 71.6 Å². The van der Waals surface area contributed by atoms with Gasteiger partial charge in [-0.25, -0.2) is 0 Å². The number of carbonyl (C=O) groups excluding carboxylic acids is 1. The van der Waals surface area contributed by atoms with Crippen LogP contribution < -0.4 is 0 Å². The Kier molecular flexibility index (Phi) is 15.7. The average molecular weight is 547 g/mol. The molecule has 1 aromatic heterocycles. The molecule has 0 amide bonds. The maximum atomic E-state index is 10.8. The van der Waals surface area contributed by atoms with Crippen LogP contribution in [0.2, 0.25) is 18.1 Å². The van der Waals surface area contributed by atoms with Crippen LogP contribution in [0.15, 0.2) is 18.2 Å². The first-order valence-electron chi connectivity index (χ1n) is 14.7. The van der Waals surface area contributed by atoms with Crippen LogP contribution in [-0.4, -0.2) is 41.6 Å². The zero-order valence-corrected chi connectivity index (χ0v) is 26.2. The van der Waals surface area contributed by atoms with Crippen LogP contribution >= 0.6 is 0 Å². The Balaban J connectivity index is 3.13. The van der Waals surface area contributed by atoms with Crippen LogP contribution in [0, 0.1) is 6.92 Å². The molecule has 0 bridgehead atoms. The van der Waals surface area contributed by atoms with Crippen LogP contribution in [-0.2, 0) is 27.0 Å². The molecule has 0 saturated carbocycles. The Morgan fingerprint density at radius 3 is 2.45 bits per heavy atom. The third-order valence-electron chi connectivity index (χ3n) is 7.62. The number of carbonyl (C=O) groups is 2. The number of aryl methyl sites for hydroxylation is 1. The van der Waals surface area contributed by atoms with Gasteiger partial charge < -0.3 is 14.3 Å². The highest BCUT2D eigenvalue weighted by Crippen LogP contribution is 2.38. The predicted molar refractivity (Wildman–Crippen MR) is 161 cm³/mol. The fourth-order valence-electron chi connectivity index (χ4n) is 4.11. The van der Waals surface area contributed by atoms with E-state index in [-0.39, 0.29) is 17.6 Å². The molecule has 1 N–H and O–H groups in total. The molecule has 6 nitrogen and oxygen atoms in total. The number of aldehydes is 1. The first-order valence-corrected chi connectivity index (χ1v) is 17.6. The van der Waals surface area contributed by atoms with Gasteiger partial charge in [0, 0.05) is 30.6 Å². The van der Waals surface area contributed by atoms with Gasteiger partial charge in [0.1, 0.15) is 6.29 Å². The quantitative estimate of drug-likeness (QED) is 0.0770. The van der Waals surface area contributed by atoms with Crippen molar-refractivity contribution in [2.75, 3.05) is 0 Å². The second-order valence-corrected chi connectivity index (χ2v) is 16.7. The minimum absolute atomic E-state index is 0.0793. The number of aromatic nitrogens is 2. The lowest BCUT2D eigenvalue weighted by Gasteiger charge is -2.38. The fourth-order valence-corrected chi connectivity index (χ4v) is 5.42. The summed E-state index contributed by atoms with van der Waals surface area (Å²) in [5, 5.41) is 14.0. The van der Waals surface area contributed by atoms with Crippen molar-refractivity contribution in [2.45, 2.75) is 142 Å². The number of aliphatic carboxylic acids is 1. The summed E-state index contributed by atoms with van der Waals surface area (Å²) < 4.78 is 8.93. The number of hydrogen-bond donors (Lipinski definition) is 1. The van der Waals surface area contributed by atoms with Crippen molar-refractivity contribution >= 4 is 26.6 Å². The summed E-state index contributed by atoms with van der Waals surface area (Å²) in [7, 11) is -1.91. The van der Waals surface area contributed by atoms with E-state index < -0.39 is 14.3 Å². The van der Waals surface area contributed by atoms with Gasteiger partial charge in [-0.05, 0) is 69.7 Å². The van der Waals surface area contributed by atoms with Crippen LogP contribution in [0.25, 0.3) is 6.08 Å². The third-order valence-corrected chi connectivity index (χ3v) is 12.1. The molecule has 1 unspecified atom stereocenters. The molecule has 0 fully saturated rings. The van der Waals surface area contributed by atoms with Gasteiger partial charge in [-0.15, -0.1) is 0 Å². The smallest absolute Gasteiger partial charge is 0.303 e. The summed E-state index contributed by atoms with van der Waals surface area (Å²) >= 11 is 0. The SMILES string of the molecule is CCCCCC(/C=C/c1nn(CCCCCC=O)c(C)c1C/C=C\CCCC(=O)O)O[Si](C)(C)C(C)(C)C. The molecule has 216 valence electrons. The van der Waals surface area contributed by atoms with Gasteiger partial charge in [-0.2, -0.15) is 5.10 Å². The molecule has 0 aliphatic carbocycles. The molecule has 0 radical (unpaired) electrons. The van der Waals surface area contributed by atoms with Crippen molar-refractivity contribution in [3.8, 4) is 0 Å². The Hall–Kier alpha value is -1.99. The van der Waals surface area contributed by atoms with E-state index in [0.29, 0.717) is 12.8 Å². The summed E-state index contributed by atoms with van der Waals surface area (Å²) in [5.41, 5.74) is 3.37. The minimum Gasteiger partial charge on any atom is -0.481 e. The number of carboxylic acids is 1. The van der Waals surface area contributed by atoms with E-state index in [2.05, 4.69) is 76.7 Å². The normalized spacial score (nSPS) is 13.6. The predicted octanol–water partition coefficient (Wildman–Crippen LogP) is 8.29. The second-order valence-electron chi connectivity index (χ2n) is 11.9. The molecule has 1 heterocycles. The van der Waals surface area contributed by atoms with Gasteiger partial charge >= 0.3 is 5.97 Å². The number of nitrogens with zero attached hydrogens (tertiary/aromatic N) is 2. The Bertz CT molecular complexity index is 896. The Labute approximate surface area is 233 Å². The molecule has 0 aromatic carbocycles. The first kappa shape index (κ1) is 34.0. The minimum atomic E-state index is -1.91. The number of rotatable bonds is 20. The molecule has 7 heteroatoms. The average Bonchev–Trinajstić information content (AvgIpc) is 3.12. The largest absolute Gasteiger partial charge is 0.481 e. The highest BCUT2D eigenvalue weighted by atomic mass is 28.4. The molecule has 0 spiro atoms. The van der Waals surface area contributed by atoms with Crippen LogP contribution in [0.1, 0.15) is 115 Å². The topological polar surface area (TPSA) is 81.4 Å². The molecule has 1 aromatic rings. The van der Waals surface area contributed by atoms with Crippen molar-refractivity contribution in [2.24, 2.45) is 0 Å². The van der Waals surface area contributed by atoms with E-state index in [1.165, 1.54) is 24.1 Å². The second kappa shape index (κ2) is 17.6. The molecule has 1 atom stereocenters. The fraction of sp³-hybridized carbons (Fsp3) is 0.710. The van der Waals surface area contributed by atoms with Crippen LogP contribution in [0.4, 0.5) is 0 Å². The number of hydrogen-bond acceptors (Lipinski definition) is 4. The standard InChI is InChI=1S/C31H54N2O4Si/c1-8-9-14-19-27(37-38(6,7)31(3,4)5)22-23-29-28(20-15-10-11-16-21-30(35)36)26(2)33(32-29)24-17-12-13-18-25-34/h10,15,22-23,25,27H,8-9,11-14,16-21,24H2,1-7H3,(H,35,36)/b15-10-,23-22+. The molecule has 38 heavy (non-hydrogen) atoms. The Morgan fingerprint density at radius 1 is 1.08 bits per heavy atom. The molecular formula is C31H54N2O4Si. The van der Waals surface area contributed by atoms with E-state index in [9.17, 15) is 9.59 Å². The van der Waals surface area contributed by atoms with Crippen molar-refractivity contribution in [1.29, 1.82) is 0 Å². The zero-order valence-electron chi connectivity index (χ0n) is 25.2. The van der Waals surface area contributed by atoms with Gasteiger partial charge in [0.25, 0.3) is 0 Å². The molecule has 0 aliphatic heterocycles. The van der Waals surface area contributed by atoms with E-state index in [4.69, 9.17) is 14.6 Å². The van der Waals surface area contributed by atoms with E-state index in [1.807, 2.05) is 0 Å². The monoisotopic (exact) mass is 546 g/mol. The third kappa shape index (κ3) is 12.7. The van der Waals surface area contributed by atoms with E-state index in [1.54, 1.807) is 0 Å². The number of unbranched alkanes of at least 4 members (excludes halogenated alkanes) is 6. The summed E-state index contributed by atoms with van der Waals surface area (Å²) in [6, 6.07) is 0. The van der Waals surface area contributed by atoms with Crippen LogP contribution in [0.5, 0.6) is 0 Å². The highest BCUT2D eigenvalue weighted by molar-refractivity contribution is 6.74. The first-order chi connectivity index (χ1) is 17.9. The van der Waals surface area contributed by atoms with Gasteiger partial charge in [-0.3, -0.25) is 9.48 Å². The van der Waals surface area contributed by atoms with E-state index in [0.717, 1.165) is 63.5 Å². The highest BCUT2D eigenvalue weighted by Gasteiger charge is 2.38. The van der Waals surface area contributed by atoms with Gasteiger partial charge in [0.15, 0.2) is 8.32 Å². The molecule has 0 saturated heterocycles. The number of allylic oxidation sites excluding steroid dienone is 2. The summed E-state index contributed by atoms with van der Waals surface area (Å²) in [4.78, 5) is 21.4. The van der Waals surface area contributed by atoms with Gasteiger partial charge in [0.2, 0.25) is 0 Å². The molecular weight excluding hydrogens is 492 g/mol. The van der Waals surface area contributed by atoms with Crippen molar-refractivity contribution in [3.63, 3.8) is 0 Å². The van der Waals surface area contributed by atoms with Crippen molar-refractivity contribution in [1.82, 2.24) is 9.78 Å². The van der Waals surface area contributed by atoms with E-state index >= 15 is 0 Å². The van der Waals surface area contributed by atoms with Gasteiger partial charge in [0.05, 0.1) is 11.8 Å². The summed E-state index contributed by atoms with van der Waals surface area (Å²) in [6.45, 7) is 16.7. The zero-order chi connectivity index (χ0) is 28.6. The summed E-state index contributed by atoms with van der Waals surface area (Å²) in [6.07, 6.45) is 20.2. The lowest BCUT2D eigenvalue weighted by atomic mass is 10.1. The Morgan fingerprint density at radius 2 is 1.82 bits per heavy atom. The number of carboxylic acid groups (broad SMARTS) is 1.